The van der Waals surface area contributed by atoms with Gasteiger partial charge in [0.15, 0.2) is 0 Å². The number of nitrogen functional groups attached to an aromatic ring is 1. The number of allylic oxidation sites excluding steroid dienone is 1. The van der Waals surface area contributed by atoms with Crippen molar-refractivity contribution in [2.75, 3.05) is 12.3 Å². The number of unbranched alkanes of at least 4 members (excludes halogenated alkanes) is 4. The van der Waals surface area contributed by atoms with E-state index in [4.69, 9.17) is 5.73 Å². The van der Waals surface area contributed by atoms with Gasteiger partial charge in [-0.1, -0.05) is 57.6 Å². The molecular weight excluding hydrogens is 544 g/mol. The second-order valence-corrected chi connectivity index (χ2v) is 13.6. The van der Waals surface area contributed by atoms with Crippen LogP contribution in [0.2, 0.25) is 0 Å². The quantitative estimate of drug-likeness (QED) is 0.0824. The van der Waals surface area contributed by atoms with E-state index < -0.39 is 23.6 Å². The molecule has 0 radical (unpaired) electrons. The summed E-state index contributed by atoms with van der Waals surface area (Å²) in [7, 11) is 0. The maximum Gasteiger partial charge on any atom is 0.309 e. The Labute approximate surface area is 258 Å². The molecule has 7 N–H and O–H groups in total. The molecule has 1 aromatic rings. The third-order valence-corrected chi connectivity index (χ3v) is 10.1. The van der Waals surface area contributed by atoms with Crippen LogP contribution in [0.15, 0.2) is 30.5 Å². The molecular formula is C35H58N2O6. The first-order valence-electron chi connectivity index (χ1n) is 16.9. The molecule has 0 bridgehead atoms. The van der Waals surface area contributed by atoms with Crippen LogP contribution in [0.25, 0.3) is 0 Å². The van der Waals surface area contributed by atoms with Crippen LogP contribution in [0, 0.1) is 29.6 Å². The minimum atomic E-state index is -1.01. The van der Waals surface area contributed by atoms with E-state index in [9.17, 15) is 30.3 Å². The Morgan fingerprint density at radius 2 is 1.81 bits per heavy atom. The normalized spacial score (nSPS) is 28.6. The first-order valence-corrected chi connectivity index (χ1v) is 16.9. The molecule has 8 nitrogen and oxygen atoms in total. The molecule has 244 valence electrons. The molecule has 1 fully saturated rings. The van der Waals surface area contributed by atoms with Gasteiger partial charge in [-0.05, 0) is 106 Å². The van der Waals surface area contributed by atoms with Gasteiger partial charge in [-0.15, -0.1) is 0 Å². The van der Waals surface area contributed by atoms with E-state index in [1.807, 2.05) is 12.1 Å². The van der Waals surface area contributed by atoms with Crippen molar-refractivity contribution < 1.29 is 30.3 Å². The van der Waals surface area contributed by atoms with Crippen LogP contribution in [0.1, 0.15) is 115 Å². The molecule has 1 saturated carbocycles. The summed E-state index contributed by atoms with van der Waals surface area (Å²) in [4.78, 5) is 16.1. The fourth-order valence-corrected chi connectivity index (χ4v) is 7.62. The lowest BCUT2D eigenvalue weighted by atomic mass is 9.81. The molecule has 0 aromatic carbocycles. The smallest absolute Gasteiger partial charge is 0.309 e. The van der Waals surface area contributed by atoms with Crippen LogP contribution >= 0.6 is 0 Å². The van der Waals surface area contributed by atoms with Gasteiger partial charge in [0.2, 0.25) is 0 Å². The van der Waals surface area contributed by atoms with E-state index in [0.717, 1.165) is 50.5 Å². The van der Waals surface area contributed by atoms with Crippen molar-refractivity contribution in [2.45, 2.75) is 134 Å². The first kappa shape index (κ1) is 35.5. The zero-order chi connectivity index (χ0) is 31.2. The van der Waals surface area contributed by atoms with Crippen molar-refractivity contribution in [2.24, 2.45) is 29.6 Å². The molecule has 8 heteroatoms. The number of hydrogen-bond acceptors (Lipinski definition) is 7. The minimum absolute atomic E-state index is 0.111. The molecule has 2 aliphatic rings. The van der Waals surface area contributed by atoms with Gasteiger partial charge in [0.25, 0.3) is 0 Å². The van der Waals surface area contributed by atoms with Crippen molar-refractivity contribution in [3.05, 3.63) is 36.0 Å². The minimum Gasteiger partial charge on any atom is -0.481 e. The Balaban J connectivity index is 1.43. The number of aliphatic hydroxyl groups is 4. The second-order valence-electron chi connectivity index (χ2n) is 13.6. The van der Waals surface area contributed by atoms with Crippen molar-refractivity contribution in [3.63, 3.8) is 0 Å². The molecule has 0 saturated heterocycles. The Hall–Kier alpha value is -2.00. The van der Waals surface area contributed by atoms with Gasteiger partial charge in [0.1, 0.15) is 5.82 Å². The molecule has 0 amide bonds. The highest BCUT2D eigenvalue weighted by Crippen LogP contribution is 2.46. The summed E-state index contributed by atoms with van der Waals surface area (Å²) < 4.78 is 0. The molecule has 0 aliphatic heterocycles. The molecule has 0 spiro atoms. The Kier molecular flexibility index (Phi) is 14.9. The number of carbonyl (C=O) groups is 1. The van der Waals surface area contributed by atoms with Gasteiger partial charge >= 0.3 is 5.97 Å². The van der Waals surface area contributed by atoms with E-state index in [1.54, 1.807) is 6.20 Å². The van der Waals surface area contributed by atoms with Crippen molar-refractivity contribution in [1.82, 2.24) is 4.98 Å². The molecule has 8 atom stereocenters. The van der Waals surface area contributed by atoms with Gasteiger partial charge in [-0.25, -0.2) is 4.98 Å². The summed E-state index contributed by atoms with van der Waals surface area (Å²) in [5.41, 5.74) is 5.98. The van der Waals surface area contributed by atoms with Crippen LogP contribution in [-0.2, 0) is 11.2 Å². The van der Waals surface area contributed by atoms with E-state index >= 15 is 0 Å². The molecule has 1 heterocycles. The summed E-state index contributed by atoms with van der Waals surface area (Å²) in [5.74, 6) is -0.254. The lowest BCUT2D eigenvalue weighted by Gasteiger charge is -2.28. The largest absolute Gasteiger partial charge is 0.481 e. The number of rotatable bonds is 20. The molecule has 2 aliphatic carbocycles. The molecule has 8 unspecified atom stereocenters. The monoisotopic (exact) mass is 602 g/mol. The van der Waals surface area contributed by atoms with Crippen LogP contribution in [0.5, 0.6) is 0 Å². The zero-order valence-electron chi connectivity index (χ0n) is 26.3. The van der Waals surface area contributed by atoms with Gasteiger partial charge in [-0.2, -0.15) is 0 Å². The lowest BCUT2D eigenvalue weighted by molar-refractivity contribution is -0.146. The van der Waals surface area contributed by atoms with E-state index in [2.05, 4.69) is 24.1 Å². The molecule has 3 rings (SSSR count). The maximum atomic E-state index is 12.0. The summed E-state index contributed by atoms with van der Waals surface area (Å²) in [6.07, 6.45) is 18.3. The number of carboxylic acid groups (broad SMARTS) is 1. The Morgan fingerprint density at radius 3 is 2.51 bits per heavy atom. The summed E-state index contributed by atoms with van der Waals surface area (Å²) in [5, 5.41) is 52.3. The molecule has 1 aromatic heterocycles. The fourth-order valence-electron chi connectivity index (χ4n) is 7.62. The first-order chi connectivity index (χ1) is 20.6. The van der Waals surface area contributed by atoms with Crippen molar-refractivity contribution in [3.8, 4) is 0 Å². The average molecular weight is 603 g/mol. The van der Waals surface area contributed by atoms with E-state index in [-0.39, 0.29) is 36.9 Å². The number of hydrogen-bond donors (Lipinski definition) is 6. The van der Waals surface area contributed by atoms with Crippen LogP contribution in [0.4, 0.5) is 5.82 Å². The standard InChI is InChI=1S/C35H58N2O6/c1-2-3-5-9-25-13-14-27(32(40)21-25)10-6-4-7-12-30(34(41)42)31(39)15-17-35(43)23-28(11-8-19-38)29(24-35)20-26-16-18-37-33(36)22-26/h13-14,16,18,22,25,27-32,38-40,43H,2-12,15,17,19-21,23-24H2,1H3,(H2,36,37)(H,41,42). The second kappa shape index (κ2) is 18.1. The van der Waals surface area contributed by atoms with E-state index in [0.29, 0.717) is 50.3 Å². The topological polar surface area (TPSA) is 157 Å². The SMILES string of the molecule is CCCCCC1C=CC(CCCCCC(C(=O)O)C(O)CCC2(O)CC(CCCO)C(Cc3ccnc(N)c3)C2)C(O)C1. The highest BCUT2D eigenvalue weighted by atomic mass is 16.4. The Bertz CT molecular complexity index is 989. The third-order valence-electron chi connectivity index (χ3n) is 10.1. The number of aromatic nitrogens is 1. The highest BCUT2D eigenvalue weighted by molar-refractivity contribution is 5.70. The number of anilines is 1. The maximum absolute atomic E-state index is 12.0. The van der Waals surface area contributed by atoms with Gasteiger partial charge in [0.05, 0.1) is 23.7 Å². The highest BCUT2D eigenvalue weighted by Gasteiger charge is 2.44. The van der Waals surface area contributed by atoms with E-state index in [1.165, 1.54) is 19.3 Å². The van der Waals surface area contributed by atoms with Crippen molar-refractivity contribution in [1.29, 1.82) is 0 Å². The average Bonchev–Trinajstić information content (AvgIpc) is 3.28. The number of carboxylic acids is 1. The van der Waals surface area contributed by atoms with Crippen LogP contribution < -0.4 is 5.73 Å². The summed E-state index contributed by atoms with van der Waals surface area (Å²) >= 11 is 0. The number of nitrogens with two attached hydrogens (primary N) is 1. The lowest BCUT2D eigenvalue weighted by Crippen LogP contribution is -2.32. The Morgan fingerprint density at radius 1 is 1.05 bits per heavy atom. The summed E-state index contributed by atoms with van der Waals surface area (Å²) in [6.45, 7) is 2.32. The predicted molar refractivity (Wildman–Crippen MR) is 170 cm³/mol. The van der Waals surface area contributed by atoms with Gasteiger partial charge in [-0.3, -0.25) is 4.79 Å². The van der Waals surface area contributed by atoms with Crippen molar-refractivity contribution >= 4 is 11.8 Å². The van der Waals surface area contributed by atoms with Crippen LogP contribution in [-0.4, -0.2) is 60.9 Å². The zero-order valence-corrected chi connectivity index (χ0v) is 26.3. The fraction of sp³-hybridized carbons (Fsp3) is 0.771. The number of pyridine rings is 1. The summed E-state index contributed by atoms with van der Waals surface area (Å²) in [6, 6.07) is 3.80. The molecule has 43 heavy (non-hydrogen) atoms. The van der Waals surface area contributed by atoms with Gasteiger partial charge < -0.3 is 31.3 Å². The number of nitrogens with zero attached hydrogens (tertiary/aromatic N) is 1. The predicted octanol–water partition coefficient (Wildman–Crippen LogP) is 5.66. The number of aliphatic carboxylic acids is 1. The third kappa shape index (κ3) is 11.8. The van der Waals surface area contributed by atoms with Gasteiger partial charge in [0, 0.05) is 18.7 Å². The number of aliphatic hydroxyl groups excluding tert-OH is 3. The van der Waals surface area contributed by atoms with Crippen LogP contribution in [0.3, 0.4) is 0 Å².